The van der Waals surface area contributed by atoms with E-state index in [4.69, 9.17) is 10.8 Å². The van der Waals surface area contributed by atoms with E-state index < -0.39 is 28.6 Å². The molecule has 1 unspecified atom stereocenters. The topological polar surface area (TPSA) is 153 Å². The van der Waals surface area contributed by atoms with Crippen LogP contribution in [0.15, 0.2) is 23.1 Å². The van der Waals surface area contributed by atoms with Crippen molar-refractivity contribution in [1.29, 1.82) is 0 Å². The molecule has 9 nitrogen and oxygen atoms in total. The van der Waals surface area contributed by atoms with Gasteiger partial charge < -0.3 is 16.2 Å². The molecule has 0 spiro atoms. The molecule has 0 aliphatic rings. The van der Waals surface area contributed by atoms with Crippen molar-refractivity contribution in [2.75, 3.05) is 12.3 Å². The third-order valence-electron chi connectivity index (χ3n) is 2.83. The number of amides is 2. The van der Waals surface area contributed by atoms with Crippen molar-refractivity contribution >= 4 is 35.2 Å². The third kappa shape index (κ3) is 5.58. The lowest BCUT2D eigenvalue weighted by Gasteiger charge is -2.08. The van der Waals surface area contributed by atoms with E-state index >= 15 is 0 Å². The second-order valence-corrected chi connectivity index (χ2v) is 5.65. The molecular weight excluding hydrogens is 326 g/mol. The molecule has 0 fully saturated rings. The number of rotatable bonds is 8. The molecule has 0 aliphatic carbocycles. The first-order valence-corrected chi connectivity index (χ1v) is 7.41. The first kappa shape index (κ1) is 18.4. The zero-order valence-corrected chi connectivity index (χ0v) is 13.0. The van der Waals surface area contributed by atoms with Gasteiger partial charge in [-0.2, -0.15) is 0 Å². The van der Waals surface area contributed by atoms with Gasteiger partial charge in [0.2, 0.25) is 11.8 Å². The Morgan fingerprint density at radius 1 is 1.43 bits per heavy atom. The molecule has 1 aromatic rings. The second kappa shape index (κ2) is 8.13. The summed E-state index contributed by atoms with van der Waals surface area (Å²) in [5.41, 5.74) is 4.75. The number of aliphatic carboxylic acids is 1. The smallest absolute Gasteiger partial charge is 0.308 e. The molecule has 4 N–H and O–H groups in total. The summed E-state index contributed by atoms with van der Waals surface area (Å²) in [5, 5.41) is 22.1. The number of benzene rings is 1. The Kier molecular flexibility index (Phi) is 6.51. The van der Waals surface area contributed by atoms with Gasteiger partial charge in [0.15, 0.2) is 0 Å². The van der Waals surface area contributed by atoms with E-state index in [1.54, 1.807) is 0 Å². The van der Waals surface area contributed by atoms with Crippen LogP contribution in [0.1, 0.15) is 17.3 Å². The molecule has 1 atom stereocenters. The molecule has 0 saturated heterocycles. The van der Waals surface area contributed by atoms with Gasteiger partial charge in [0.25, 0.3) is 5.69 Å². The van der Waals surface area contributed by atoms with Crippen LogP contribution in [0.5, 0.6) is 0 Å². The van der Waals surface area contributed by atoms with Crippen LogP contribution in [0.25, 0.3) is 0 Å². The highest BCUT2D eigenvalue weighted by molar-refractivity contribution is 8.00. The van der Waals surface area contributed by atoms with Crippen LogP contribution in [0.3, 0.4) is 0 Å². The van der Waals surface area contributed by atoms with Crippen molar-refractivity contribution < 1.29 is 24.4 Å². The molecule has 124 valence electrons. The van der Waals surface area contributed by atoms with E-state index in [2.05, 4.69) is 5.32 Å². The number of primary amides is 1. The molecule has 0 radical (unpaired) electrons. The number of hydrogen-bond donors (Lipinski definition) is 3. The molecule has 0 aliphatic heterocycles. The van der Waals surface area contributed by atoms with E-state index in [0.29, 0.717) is 0 Å². The zero-order chi connectivity index (χ0) is 17.6. The Bertz CT molecular complexity index is 649. The van der Waals surface area contributed by atoms with Crippen LogP contribution in [0, 0.1) is 16.0 Å². The van der Waals surface area contributed by atoms with Crippen LogP contribution in [-0.4, -0.2) is 40.1 Å². The number of nitrogens with one attached hydrogen (secondary N) is 1. The van der Waals surface area contributed by atoms with E-state index in [0.717, 1.165) is 17.8 Å². The van der Waals surface area contributed by atoms with Gasteiger partial charge in [-0.25, -0.2) is 0 Å². The van der Waals surface area contributed by atoms with E-state index in [9.17, 15) is 24.5 Å². The number of hydrogen-bond acceptors (Lipinski definition) is 6. The zero-order valence-electron chi connectivity index (χ0n) is 12.1. The minimum Gasteiger partial charge on any atom is -0.481 e. The van der Waals surface area contributed by atoms with Crippen molar-refractivity contribution in [1.82, 2.24) is 5.32 Å². The van der Waals surface area contributed by atoms with Gasteiger partial charge in [-0.1, -0.05) is 6.92 Å². The average Bonchev–Trinajstić information content (AvgIpc) is 2.49. The SMILES string of the molecule is CC(CNC(=O)CSc1ccc(C(N)=O)cc1[N+](=O)[O-])C(=O)O. The van der Waals surface area contributed by atoms with Gasteiger partial charge in [-0.15, -0.1) is 11.8 Å². The van der Waals surface area contributed by atoms with Gasteiger partial charge in [-0.05, 0) is 12.1 Å². The van der Waals surface area contributed by atoms with Crippen LogP contribution >= 0.6 is 11.8 Å². The first-order valence-electron chi connectivity index (χ1n) is 6.43. The summed E-state index contributed by atoms with van der Waals surface area (Å²) in [6, 6.07) is 3.73. The van der Waals surface area contributed by atoms with E-state index in [1.807, 2.05) is 0 Å². The summed E-state index contributed by atoms with van der Waals surface area (Å²) in [6.45, 7) is 1.42. The second-order valence-electron chi connectivity index (χ2n) is 4.64. The van der Waals surface area contributed by atoms with Crippen molar-refractivity contribution in [3.8, 4) is 0 Å². The lowest BCUT2D eigenvalue weighted by Crippen LogP contribution is -2.32. The van der Waals surface area contributed by atoms with Crippen LogP contribution < -0.4 is 11.1 Å². The number of nitro groups is 1. The summed E-state index contributed by atoms with van der Waals surface area (Å²) in [5.74, 6) is -3.12. The fourth-order valence-electron chi connectivity index (χ4n) is 1.48. The lowest BCUT2D eigenvalue weighted by atomic mass is 10.2. The molecular formula is C13H15N3O6S. The van der Waals surface area contributed by atoms with Gasteiger partial charge in [0.1, 0.15) is 0 Å². The van der Waals surface area contributed by atoms with E-state index in [-0.39, 0.29) is 28.4 Å². The number of carbonyl (C=O) groups is 3. The summed E-state index contributed by atoms with van der Waals surface area (Å²) in [4.78, 5) is 43.8. The summed E-state index contributed by atoms with van der Waals surface area (Å²) in [7, 11) is 0. The number of thioether (sulfide) groups is 1. The van der Waals surface area contributed by atoms with Gasteiger partial charge >= 0.3 is 5.97 Å². The number of carbonyl (C=O) groups excluding carboxylic acids is 2. The highest BCUT2D eigenvalue weighted by Gasteiger charge is 2.18. The predicted octanol–water partition coefficient (Wildman–Crippen LogP) is 0.623. The summed E-state index contributed by atoms with van der Waals surface area (Å²) >= 11 is 0.911. The van der Waals surface area contributed by atoms with Crippen molar-refractivity contribution in [2.45, 2.75) is 11.8 Å². The Morgan fingerprint density at radius 2 is 2.09 bits per heavy atom. The fraction of sp³-hybridized carbons (Fsp3) is 0.308. The average molecular weight is 341 g/mol. The molecule has 0 aromatic heterocycles. The minimum atomic E-state index is -1.03. The molecule has 1 rings (SSSR count). The number of nitrogens with two attached hydrogens (primary N) is 1. The first-order chi connectivity index (χ1) is 10.7. The number of nitro benzene ring substituents is 1. The van der Waals surface area contributed by atoms with Crippen molar-refractivity contribution in [3.63, 3.8) is 0 Å². The van der Waals surface area contributed by atoms with Crippen molar-refractivity contribution in [3.05, 3.63) is 33.9 Å². The standard InChI is InChI=1S/C13H15N3O6S/c1-7(13(19)20)5-15-11(17)6-23-10-3-2-8(12(14)18)4-9(10)16(21)22/h2-4,7H,5-6H2,1H3,(H2,14,18)(H,15,17)(H,19,20). The van der Waals surface area contributed by atoms with Crippen LogP contribution in [0.4, 0.5) is 5.69 Å². The van der Waals surface area contributed by atoms with Crippen molar-refractivity contribution in [2.24, 2.45) is 11.7 Å². The maximum atomic E-state index is 11.6. The predicted molar refractivity (Wildman–Crippen MR) is 82.1 cm³/mol. The third-order valence-corrected chi connectivity index (χ3v) is 3.89. The maximum Gasteiger partial charge on any atom is 0.308 e. The maximum absolute atomic E-state index is 11.6. The Hall–Kier alpha value is -2.62. The largest absolute Gasteiger partial charge is 0.481 e. The molecule has 0 heterocycles. The van der Waals surface area contributed by atoms with Crippen LogP contribution in [-0.2, 0) is 9.59 Å². The molecule has 0 saturated carbocycles. The highest BCUT2D eigenvalue weighted by Crippen LogP contribution is 2.29. The highest BCUT2D eigenvalue weighted by atomic mass is 32.2. The summed E-state index contributed by atoms with van der Waals surface area (Å²) < 4.78 is 0. The van der Waals surface area contributed by atoms with E-state index in [1.165, 1.54) is 19.1 Å². The monoisotopic (exact) mass is 341 g/mol. The Balaban J connectivity index is 2.70. The Labute approximate surface area is 135 Å². The lowest BCUT2D eigenvalue weighted by molar-refractivity contribution is -0.387. The number of carboxylic acids is 1. The van der Waals surface area contributed by atoms with Gasteiger partial charge in [0.05, 0.1) is 21.5 Å². The van der Waals surface area contributed by atoms with Gasteiger partial charge in [-0.3, -0.25) is 24.5 Å². The normalized spacial score (nSPS) is 11.5. The molecule has 1 aromatic carbocycles. The molecule has 23 heavy (non-hydrogen) atoms. The Morgan fingerprint density at radius 3 is 2.61 bits per heavy atom. The number of carboxylic acid groups (broad SMARTS) is 1. The van der Waals surface area contributed by atoms with Crippen LogP contribution in [0.2, 0.25) is 0 Å². The number of nitrogens with zero attached hydrogens (tertiary/aromatic N) is 1. The summed E-state index contributed by atoms with van der Waals surface area (Å²) in [6.07, 6.45) is 0. The minimum absolute atomic E-state index is 0.000726. The fourth-order valence-corrected chi connectivity index (χ4v) is 2.32. The molecule has 0 bridgehead atoms. The quantitative estimate of drug-likeness (QED) is 0.356. The molecule has 10 heteroatoms. The molecule has 2 amide bonds. The van der Waals surface area contributed by atoms with Gasteiger partial charge in [0, 0.05) is 18.2 Å².